The van der Waals surface area contributed by atoms with Crippen molar-refractivity contribution in [3.8, 4) is 0 Å². The molecule has 0 aliphatic carbocycles. The Labute approximate surface area is 88.0 Å². The number of carbonyl (C=O) groups excluding carboxylic acids is 2. The predicted octanol–water partition coefficient (Wildman–Crippen LogP) is 1.31. The summed E-state index contributed by atoms with van der Waals surface area (Å²) in [5, 5.41) is 2.40. The summed E-state index contributed by atoms with van der Waals surface area (Å²) in [6, 6.07) is 0. The molecule has 0 saturated heterocycles. The van der Waals surface area contributed by atoms with E-state index in [1.165, 1.54) is 3.93 Å². The Balaban J connectivity index is 0. The van der Waals surface area contributed by atoms with Crippen molar-refractivity contribution in [3.63, 3.8) is 0 Å². The van der Waals surface area contributed by atoms with E-state index in [9.17, 15) is 9.59 Å². The number of hydrogen-bond acceptors (Lipinski definition) is 2. The molecule has 5 heteroatoms. The average molecular weight is 253 g/mol. The fourth-order valence-corrected chi connectivity index (χ4v) is 1.04. The monoisotopic (exact) mass is 252 g/mol. The molecule has 1 N–H and O–H groups in total. The van der Waals surface area contributed by atoms with Crippen LogP contribution in [0, 0.1) is 0 Å². The largest absolute Gasteiger partial charge is 0.345 e. The zero-order valence-electron chi connectivity index (χ0n) is 8.72. The molecule has 13 heavy (non-hydrogen) atoms. The van der Waals surface area contributed by atoms with E-state index in [4.69, 9.17) is 0 Å². The van der Waals surface area contributed by atoms with Crippen molar-refractivity contribution in [1.82, 2.24) is 9.24 Å². The van der Waals surface area contributed by atoms with Gasteiger partial charge in [-0.1, -0.05) is 13.8 Å². The van der Waals surface area contributed by atoms with Crippen molar-refractivity contribution < 1.29 is 9.59 Å². The minimum absolute atomic E-state index is 0.204. The van der Waals surface area contributed by atoms with Crippen LogP contribution in [-0.2, 0) is 9.59 Å². The summed E-state index contributed by atoms with van der Waals surface area (Å²) in [4.78, 5) is 21.3. The molecule has 0 unspecified atom stereocenters. The fraction of sp³-hybridized carbons (Fsp3) is 0.750. The Bertz CT molecular complexity index is 170. The zero-order valence-corrected chi connectivity index (χ0v) is 10.3. The van der Waals surface area contributed by atoms with Crippen LogP contribution in [-0.4, -0.2) is 28.8 Å². The molecule has 0 aromatic rings. The van der Waals surface area contributed by atoms with E-state index in [0.717, 1.165) is 0 Å². The van der Waals surface area contributed by atoms with E-state index >= 15 is 0 Å². The lowest BCUT2D eigenvalue weighted by Gasteiger charge is -2.24. The number of likely N-dealkylation sites (N-methyl/N-ethyl adjacent to an activating group) is 1. The number of nitrogens with zero attached hydrogens (tertiary/aromatic N) is 1. The number of nitrogens with one attached hydrogen (secondary N) is 1. The van der Waals surface area contributed by atoms with Gasteiger partial charge in [0.15, 0.2) is 0 Å². The lowest BCUT2D eigenvalue weighted by molar-refractivity contribution is -0.132. The second kappa shape index (κ2) is 6.88. The molecule has 0 atom stereocenters. The van der Waals surface area contributed by atoms with Gasteiger partial charge in [-0.25, -0.2) is 0 Å². The van der Waals surface area contributed by atoms with Gasteiger partial charge in [-0.2, -0.15) is 0 Å². The number of amides is 2. The molecule has 0 bridgehead atoms. The van der Waals surface area contributed by atoms with E-state index in [0.29, 0.717) is 6.41 Å². The van der Waals surface area contributed by atoms with Gasteiger partial charge in [-0.05, 0) is 13.8 Å². The van der Waals surface area contributed by atoms with Gasteiger partial charge in [0.1, 0.15) is 5.54 Å². The van der Waals surface area contributed by atoms with Crippen LogP contribution in [0.25, 0.3) is 0 Å². The lowest BCUT2D eigenvalue weighted by Crippen LogP contribution is -2.50. The van der Waals surface area contributed by atoms with Gasteiger partial charge >= 0.3 is 0 Å². The van der Waals surface area contributed by atoms with E-state index in [-0.39, 0.29) is 5.91 Å². The first-order valence-corrected chi connectivity index (χ1v) is 4.78. The molecule has 0 fully saturated rings. The molecule has 0 saturated carbocycles. The van der Waals surface area contributed by atoms with Crippen molar-refractivity contribution >= 4 is 28.5 Å². The van der Waals surface area contributed by atoms with Crippen LogP contribution in [0.1, 0.15) is 27.7 Å². The van der Waals surface area contributed by atoms with E-state index < -0.39 is 5.54 Å². The molecular formula is C8H17BrN2O2. The van der Waals surface area contributed by atoms with Crippen molar-refractivity contribution in [2.24, 2.45) is 0 Å². The first kappa shape index (κ1) is 14.9. The predicted molar refractivity (Wildman–Crippen MR) is 56.3 cm³/mol. The maximum atomic E-state index is 11.2. The van der Waals surface area contributed by atoms with Crippen LogP contribution in [0.15, 0.2) is 0 Å². The first-order valence-electron chi connectivity index (χ1n) is 4.07. The maximum absolute atomic E-state index is 11.2. The van der Waals surface area contributed by atoms with Gasteiger partial charge in [0.05, 0.1) is 16.1 Å². The number of rotatable bonds is 3. The molecule has 2 amide bonds. The number of carbonyl (C=O) groups is 2. The van der Waals surface area contributed by atoms with Crippen molar-refractivity contribution in [3.05, 3.63) is 0 Å². The fourth-order valence-electron chi connectivity index (χ4n) is 0.594. The zero-order chi connectivity index (χ0) is 11.1. The second-order valence-electron chi connectivity index (χ2n) is 2.67. The highest BCUT2D eigenvalue weighted by molar-refractivity contribution is 9.07. The van der Waals surface area contributed by atoms with Crippen LogP contribution >= 0.6 is 16.1 Å². The van der Waals surface area contributed by atoms with Gasteiger partial charge in [0, 0.05) is 7.05 Å². The molecule has 0 aliphatic rings. The minimum atomic E-state index is -0.847. The van der Waals surface area contributed by atoms with Gasteiger partial charge < -0.3 is 5.32 Å². The first-order chi connectivity index (χ1) is 5.91. The Hall–Kier alpha value is -0.580. The number of halogens is 1. The molecule has 4 nitrogen and oxygen atoms in total. The third kappa shape index (κ3) is 5.63. The van der Waals surface area contributed by atoms with E-state index in [2.05, 4.69) is 21.5 Å². The summed E-state index contributed by atoms with van der Waals surface area (Å²) in [5.41, 5.74) is -0.847. The minimum Gasteiger partial charge on any atom is -0.345 e. The molecule has 0 spiro atoms. The lowest BCUT2D eigenvalue weighted by atomic mass is 10.1. The van der Waals surface area contributed by atoms with Crippen molar-refractivity contribution in [1.29, 1.82) is 0 Å². The van der Waals surface area contributed by atoms with Crippen molar-refractivity contribution in [2.75, 3.05) is 7.05 Å². The Kier molecular flexibility index (Phi) is 7.90. The molecular weight excluding hydrogens is 236 g/mol. The van der Waals surface area contributed by atoms with Crippen LogP contribution in [0.4, 0.5) is 0 Å². The van der Waals surface area contributed by atoms with Crippen LogP contribution in [0.3, 0.4) is 0 Å². The van der Waals surface area contributed by atoms with Crippen molar-refractivity contribution in [2.45, 2.75) is 33.2 Å². The smallest absolute Gasteiger partial charge is 0.257 e. The topological polar surface area (TPSA) is 49.4 Å². The quantitative estimate of drug-likeness (QED) is 0.609. The highest BCUT2D eigenvalue weighted by atomic mass is 79.9. The molecule has 0 aliphatic heterocycles. The summed E-state index contributed by atoms with van der Waals surface area (Å²) in [6.45, 7) is 7.25. The highest BCUT2D eigenvalue weighted by Crippen LogP contribution is 2.08. The molecule has 0 rings (SSSR count). The van der Waals surface area contributed by atoms with Crippen LogP contribution in [0.2, 0.25) is 0 Å². The Morgan fingerprint density at radius 1 is 1.46 bits per heavy atom. The third-order valence-corrected chi connectivity index (χ3v) is 1.56. The standard InChI is InChI=1S/C6H11BrN2O2.C2H6/c1-6(2,8-4-10)5(11)9(3)7;1-2/h4H,1-3H3,(H,8,10);1-2H3. The van der Waals surface area contributed by atoms with Gasteiger partial charge in [0.2, 0.25) is 6.41 Å². The SMILES string of the molecule is CC.CN(Br)C(=O)C(C)(C)NC=O. The molecule has 0 aromatic heterocycles. The summed E-state index contributed by atoms with van der Waals surface area (Å²) < 4.78 is 1.25. The molecule has 0 heterocycles. The highest BCUT2D eigenvalue weighted by Gasteiger charge is 2.28. The van der Waals surface area contributed by atoms with Gasteiger partial charge in [-0.3, -0.25) is 13.5 Å². The maximum Gasteiger partial charge on any atom is 0.257 e. The summed E-state index contributed by atoms with van der Waals surface area (Å²) in [7, 11) is 1.57. The summed E-state index contributed by atoms with van der Waals surface area (Å²) in [6.07, 6.45) is 0.508. The van der Waals surface area contributed by atoms with E-state index in [1.54, 1.807) is 20.9 Å². The normalized spacial score (nSPS) is 9.38. The van der Waals surface area contributed by atoms with Gasteiger partial charge in [-0.15, -0.1) is 0 Å². The number of hydrogen-bond donors (Lipinski definition) is 1. The van der Waals surface area contributed by atoms with Crippen LogP contribution < -0.4 is 5.32 Å². The Morgan fingerprint density at radius 2 is 1.85 bits per heavy atom. The molecule has 78 valence electrons. The Morgan fingerprint density at radius 3 is 2.08 bits per heavy atom. The average Bonchev–Trinajstić information content (AvgIpc) is 2.06. The molecule has 0 aromatic carbocycles. The summed E-state index contributed by atoms with van der Waals surface area (Å²) in [5.74, 6) is -0.204. The van der Waals surface area contributed by atoms with Crippen LogP contribution in [0.5, 0.6) is 0 Å². The third-order valence-electron chi connectivity index (χ3n) is 1.23. The second-order valence-corrected chi connectivity index (χ2v) is 3.73. The molecule has 0 radical (unpaired) electrons. The summed E-state index contributed by atoms with van der Waals surface area (Å²) >= 11 is 2.97. The van der Waals surface area contributed by atoms with E-state index in [1.807, 2.05) is 13.8 Å². The van der Waals surface area contributed by atoms with Gasteiger partial charge in [0.25, 0.3) is 5.91 Å².